The quantitative estimate of drug-likeness (QED) is 0.590. The molecular weight excluding hydrogens is 270 g/mol. The van der Waals surface area contributed by atoms with Gasteiger partial charge in [-0.3, -0.25) is 9.59 Å². The molecule has 0 aromatic rings. The molecule has 0 aromatic heterocycles. The minimum absolute atomic E-state index is 0.194. The second-order valence-electron chi connectivity index (χ2n) is 5.18. The first kappa shape index (κ1) is 17.9. The van der Waals surface area contributed by atoms with E-state index >= 15 is 0 Å². The molecule has 114 valence electrons. The molecule has 0 aromatic carbocycles. The van der Waals surface area contributed by atoms with E-state index in [4.69, 9.17) is 14.9 Å². The van der Waals surface area contributed by atoms with Gasteiger partial charge in [0.25, 0.3) is 0 Å². The average Bonchev–Trinajstić information content (AvgIpc) is 2.19. The Balaban J connectivity index is 4.38. The first-order valence-electron chi connectivity index (χ1n) is 5.97. The fourth-order valence-electron chi connectivity index (χ4n) is 1.27. The molecule has 20 heavy (non-hydrogen) atoms. The molecule has 0 aliphatic heterocycles. The van der Waals surface area contributed by atoms with Crippen LogP contribution in [0.1, 0.15) is 40.0 Å². The van der Waals surface area contributed by atoms with E-state index in [1.54, 1.807) is 20.8 Å². The van der Waals surface area contributed by atoms with Crippen molar-refractivity contribution < 1.29 is 34.1 Å². The van der Waals surface area contributed by atoms with Gasteiger partial charge in [0.05, 0.1) is 0 Å². The standard InChI is InChI=1S/C12H19NO7/c1-12(2,3)20-11(19)13-8(10(17)18)5-4-7(14)6-9(15)16/h8H,4-6H2,1-3H3,(H,13,19)(H,15,16)(H,17,18)/t8-/m0/s1. The van der Waals surface area contributed by atoms with E-state index in [2.05, 4.69) is 5.32 Å². The highest BCUT2D eigenvalue weighted by Gasteiger charge is 2.24. The van der Waals surface area contributed by atoms with Crippen molar-refractivity contribution in [1.29, 1.82) is 0 Å². The largest absolute Gasteiger partial charge is 0.481 e. The van der Waals surface area contributed by atoms with E-state index in [1.807, 2.05) is 0 Å². The van der Waals surface area contributed by atoms with Crippen molar-refractivity contribution in [3.63, 3.8) is 0 Å². The lowest BCUT2D eigenvalue weighted by atomic mass is 10.1. The maximum atomic E-state index is 11.4. The zero-order chi connectivity index (χ0) is 15.9. The molecule has 0 fully saturated rings. The number of hydrogen-bond acceptors (Lipinski definition) is 5. The normalized spacial score (nSPS) is 12.3. The lowest BCUT2D eigenvalue weighted by Crippen LogP contribution is -2.43. The smallest absolute Gasteiger partial charge is 0.408 e. The molecule has 0 radical (unpaired) electrons. The van der Waals surface area contributed by atoms with Gasteiger partial charge in [-0.2, -0.15) is 0 Å². The summed E-state index contributed by atoms with van der Waals surface area (Å²) in [6, 6.07) is -1.30. The van der Waals surface area contributed by atoms with Crippen LogP contribution in [0.4, 0.5) is 4.79 Å². The molecule has 0 aliphatic carbocycles. The molecule has 0 rings (SSSR count). The second-order valence-corrected chi connectivity index (χ2v) is 5.18. The third-order valence-corrected chi connectivity index (χ3v) is 2.05. The SMILES string of the molecule is CC(C)(C)OC(=O)N[C@@H](CCC(=O)CC(=O)O)C(=O)O. The van der Waals surface area contributed by atoms with Gasteiger partial charge in [-0.25, -0.2) is 9.59 Å². The molecule has 0 unspecified atom stereocenters. The van der Waals surface area contributed by atoms with E-state index in [1.165, 1.54) is 0 Å². The molecule has 0 saturated heterocycles. The van der Waals surface area contributed by atoms with Crippen molar-refractivity contribution in [2.24, 2.45) is 0 Å². The Kier molecular flexibility index (Phi) is 6.67. The monoisotopic (exact) mass is 289 g/mol. The predicted molar refractivity (Wildman–Crippen MR) is 67.3 cm³/mol. The summed E-state index contributed by atoms with van der Waals surface area (Å²) in [4.78, 5) is 43.8. The Bertz CT molecular complexity index is 397. The van der Waals surface area contributed by atoms with Gasteiger partial charge in [-0.1, -0.05) is 0 Å². The van der Waals surface area contributed by atoms with Gasteiger partial charge in [-0.15, -0.1) is 0 Å². The van der Waals surface area contributed by atoms with Gasteiger partial charge in [-0.05, 0) is 27.2 Å². The molecule has 0 aliphatic rings. The van der Waals surface area contributed by atoms with Crippen LogP contribution in [-0.4, -0.2) is 45.7 Å². The van der Waals surface area contributed by atoms with Crippen molar-refractivity contribution in [1.82, 2.24) is 5.32 Å². The lowest BCUT2D eigenvalue weighted by Gasteiger charge is -2.21. The van der Waals surface area contributed by atoms with Gasteiger partial charge >= 0.3 is 18.0 Å². The first-order chi connectivity index (χ1) is 9.01. The third-order valence-electron chi connectivity index (χ3n) is 2.05. The Labute approximate surface area is 116 Å². The van der Waals surface area contributed by atoms with Gasteiger partial charge in [0.1, 0.15) is 23.8 Å². The molecule has 3 N–H and O–H groups in total. The van der Waals surface area contributed by atoms with Gasteiger partial charge in [0.2, 0.25) is 0 Å². The summed E-state index contributed by atoms with van der Waals surface area (Å²) in [5.74, 6) is -3.20. The van der Waals surface area contributed by atoms with E-state index < -0.39 is 41.9 Å². The van der Waals surface area contributed by atoms with Crippen LogP contribution < -0.4 is 5.32 Å². The molecule has 0 saturated carbocycles. The molecule has 0 heterocycles. The van der Waals surface area contributed by atoms with Gasteiger partial charge < -0.3 is 20.3 Å². The molecule has 0 spiro atoms. The summed E-state index contributed by atoms with van der Waals surface area (Å²) in [6.07, 6.45) is -2.02. The van der Waals surface area contributed by atoms with Crippen molar-refractivity contribution in [3.8, 4) is 0 Å². The summed E-state index contributed by atoms with van der Waals surface area (Å²) in [6.45, 7) is 4.87. The summed E-state index contributed by atoms with van der Waals surface area (Å²) in [7, 11) is 0. The zero-order valence-corrected chi connectivity index (χ0v) is 11.6. The first-order valence-corrected chi connectivity index (χ1v) is 5.97. The number of carboxylic acids is 2. The summed E-state index contributed by atoms with van der Waals surface area (Å²) >= 11 is 0. The van der Waals surface area contributed by atoms with Crippen LogP contribution in [0, 0.1) is 0 Å². The number of alkyl carbamates (subject to hydrolysis) is 1. The number of hydrogen-bond donors (Lipinski definition) is 3. The average molecular weight is 289 g/mol. The highest BCUT2D eigenvalue weighted by molar-refractivity contribution is 5.95. The molecule has 1 amide bonds. The Hall–Kier alpha value is -2.12. The molecule has 1 atom stereocenters. The van der Waals surface area contributed by atoms with E-state index in [0.717, 1.165) is 0 Å². The summed E-state index contributed by atoms with van der Waals surface area (Å²) in [5.41, 5.74) is -0.772. The Morgan fingerprint density at radius 2 is 1.70 bits per heavy atom. The minimum Gasteiger partial charge on any atom is -0.481 e. The summed E-state index contributed by atoms with van der Waals surface area (Å²) in [5, 5.41) is 19.4. The van der Waals surface area contributed by atoms with Crippen LogP contribution >= 0.6 is 0 Å². The third kappa shape index (κ3) is 8.90. The number of carboxylic acid groups (broad SMARTS) is 2. The second kappa shape index (κ2) is 7.46. The number of Topliss-reactive ketones (excluding diaryl/α,β-unsaturated/α-hetero) is 1. The Morgan fingerprint density at radius 3 is 2.10 bits per heavy atom. The zero-order valence-electron chi connectivity index (χ0n) is 11.6. The van der Waals surface area contributed by atoms with Crippen LogP contribution in [0.3, 0.4) is 0 Å². The number of amides is 1. The van der Waals surface area contributed by atoms with Gasteiger partial charge in [0.15, 0.2) is 0 Å². The number of ketones is 1. The predicted octanol–water partition coefficient (Wildman–Crippen LogP) is 0.788. The number of aliphatic carboxylic acids is 2. The van der Waals surface area contributed by atoms with Crippen LogP contribution in [0.5, 0.6) is 0 Å². The maximum Gasteiger partial charge on any atom is 0.408 e. The molecule has 8 nitrogen and oxygen atoms in total. The fourth-order valence-corrected chi connectivity index (χ4v) is 1.27. The summed E-state index contributed by atoms with van der Waals surface area (Å²) < 4.78 is 4.90. The van der Waals surface area contributed by atoms with E-state index in [9.17, 15) is 19.2 Å². The van der Waals surface area contributed by atoms with Gasteiger partial charge in [0, 0.05) is 6.42 Å². The van der Waals surface area contributed by atoms with Crippen LogP contribution in [0.15, 0.2) is 0 Å². The number of rotatable bonds is 7. The van der Waals surface area contributed by atoms with E-state index in [0.29, 0.717) is 0 Å². The molecular formula is C12H19NO7. The highest BCUT2D eigenvalue weighted by atomic mass is 16.6. The number of carbonyl (C=O) groups is 4. The van der Waals surface area contributed by atoms with Crippen molar-refractivity contribution >= 4 is 23.8 Å². The van der Waals surface area contributed by atoms with Crippen molar-refractivity contribution in [3.05, 3.63) is 0 Å². The molecule has 0 bridgehead atoms. The molecule has 8 heteroatoms. The number of carbonyl (C=O) groups excluding carboxylic acids is 2. The minimum atomic E-state index is -1.32. The van der Waals surface area contributed by atoms with Crippen LogP contribution in [-0.2, 0) is 19.1 Å². The van der Waals surface area contributed by atoms with Crippen LogP contribution in [0.25, 0.3) is 0 Å². The Morgan fingerprint density at radius 1 is 1.15 bits per heavy atom. The maximum absolute atomic E-state index is 11.4. The van der Waals surface area contributed by atoms with E-state index in [-0.39, 0.29) is 12.8 Å². The van der Waals surface area contributed by atoms with Crippen molar-refractivity contribution in [2.45, 2.75) is 51.7 Å². The number of nitrogens with one attached hydrogen (secondary N) is 1. The number of ether oxygens (including phenoxy) is 1. The fraction of sp³-hybridized carbons (Fsp3) is 0.667. The van der Waals surface area contributed by atoms with Crippen LogP contribution in [0.2, 0.25) is 0 Å². The van der Waals surface area contributed by atoms with Crippen molar-refractivity contribution in [2.75, 3.05) is 0 Å². The highest BCUT2D eigenvalue weighted by Crippen LogP contribution is 2.08. The topological polar surface area (TPSA) is 130 Å². The lowest BCUT2D eigenvalue weighted by molar-refractivity contribution is -0.140.